The number of nitrogens with one attached hydrogen (secondary N) is 1. The minimum Gasteiger partial charge on any atom is -0.322 e. The van der Waals surface area contributed by atoms with Crippen LogP contribution in [0.5, 0.6) is 0 Å². The lowest BCUT2D eigenvalue weighted by Crippen LogP contribution is -2.26. The minimum atomic E-state index is -3.71. The molecule has 1 N–H and O–H groups in total. The van der Waals surface area contributed by atoms with Crippen LogP contribution in [0.1, 0.15) is 21.5 Å². The fourth-order valence-corrected chi connectivity index (χ4v) is 4.24. The van der Waals surface area contributed by atoms with Gasteiger partial charge in [0.15, 0.2) is 0 Å². The van der Waals surface area contributed by atoms with Crippen LogP contribution in [0, 0.1) is 17.0 Å². The van der Waals surface area contributed by atoms with E-state index < -0.39 is 20.9 Å². The highest BCUT2D eigenvalue weighted by molar-refractivity contribution is 7.89. The average molecular weight is 439 g/mol. The molecular formula is C22H21N3O5S. The van der Waals surface area contributed by atoms with Crippen molar-refractivity contribution in [1.82, 2.24) is 4.31 Å². The molecule has 0 aliphatic carbocycles. The van der Waals surface area contributed by atoms with E-state index in [2.05, 4.69) is 5.32 Å². The third kappa shape index (κ3) is 4.96. The number of rotatable bonds is 7. The average Bonchev–Trinajstić information content (AvgIpc) is 2.74. The third-order valence-corrected chi connectivity index (χ3v) is 6.63. The highest BCUT2D eigenvalue weighted by Crippen LogP contribution is 2.23. The number of benzene rings is 3. The molecule has 0 saturated heterocycles. The Morgan fingerprint density at radius 2 is 1.65 bits per heavy atom. The molecule has 0 fully saturated rings. The van der Waals surface area contributed by atoms with Crippen molar-refractivity contribution in [3.8, 4) is 0 Å². The first-order chi connectivity index (χ1) is 14.7. The Hall–Kier alpha value is -3.56. The van der Waals surface area contributed by atoms with Gasteiger partial charge in [-0.1, -0.05) is 36.4 Å². The first-order valence-corrected chi connectivity index (χ1v) is 10.8. The van der Waals surface area contributed by atoms with Gasteiger partial charge in [0, 0.05) is 36.5 Å². The Morgan fingerprint density at radius 1 is 1.00 bits per heavy atom. The minimum absolute atomic E-state index is 0.0930. The number of hydrogen-bond donors (Lipinski definition) is 1. The summed E-state index contributed by atoms with van der Waals surface area (Å²) in [7, 11) is -2.21. The molecule has 1 amide bonds. The topological polar surface area (TPSA) is 110 Å². The Balaban J connectivity index is 1.75. The quantitative estimate of drug-likeness (QED) is 0.442. The predicted molar refractivity (Wildman–Crippen MR) is 117 cm³/mol. The number of amides is 1. The number of nitro benzene ring substituents is 1. The Labute approximate surface area is 180 Å². The third-order valence-electron chi connectivity index (χ3n) is 4.81. The SMILES string of the molecule is Cc1c(C(=O)Nc2ccc(S(=O)(=O)N(C)Cc3ccccc3)cc2)cccc1[N+](=O)[O-]. The zero-order chi connectivity index (χ0) is 22.6. The summed E-state index contributed by atoms with van der Waals surface area (Å²) < 4.78 is 26.9. The van der Waals surface area contributed by atoms with E-state index in [1.807, 2.05) is 30.3 Å². The van der Waals surface area contributed by atoms with Crippen LogP contribution in [0.3, 0.4) is 0 Å². The van der Waals surface area contributed by atoms with Crippen molar-refractivity contribution < 1.29 is 18.1 Å². The number of nitrogens with zero attached hydrogens (tertiary/aromatic N) is 2. The molecule has 31 heavy (non-hydrogen) atoms. The molecule has 9 heteroatoms. The number of carbonyl (C=O) groups is 1. The summed E-state index contributed by atoms with van der Waals surface area (Å²) in [4.78, 5) is 23.2. The van der Waals surface area contributed by atoms with Crippen molar-refractivity contribution in [1.29, 1.82) is 0 Å². The van der Waals surface area contributed by atoms with Crippen LogP contribution in [0.4, 0.5) is 11.4 Å². The molecule has 0 aromatic heterocycles. The molecule has 0 bridgehead atoms. The maximum atomic E-state index is 12.8. The number of carbonyl (C=O) groups excluding carboxylic acids is 1. The lowest BCUT2D eigenvalue weighted by Gasteiger charge is -2.17. The van der Waals surface area contributed by atoms with Crippen LogP contribution >= 0.6 is 0 Å². The van der Waals surface area contributed by atoms with E-state index in [9.17, 15) is 23.3 Å². The van der Waals surface area contributed by atoms with Crippen molar-refractivity contribution in [2.24, 2.45) is 0 Å². The molecule has 0 saturated carbocycles. The van der Waals surface area contributed by atoms with Crippen molar-refractivity contribution in [2.45, 2.75) is 18.4 Å². The molecule has 0 spiro atoms. The van der Waals surface area contributed by atoms with Crippen LogP contribution in [-0.4, -0.2) is 30.6 Å². The molecule has 3 rings (SSSR count). The first kappa shape index (κ1) is 22.1. The van der Waals surface area contributed by atoms with E-state index in [1.54, 1.807) is 0 Å². The van der Waals surface area contributed by atoms with Gasteiger partial charge >= 0.3 is 0 Å². The van der Waals surface area contributed by atoms with Crippen molar-refractivity contribution in [3.05, 3.63) is 99.6 Å². The molecule has 0 radical (unpaired) electrons. The van der Waals surface area contributed by atoms with Crippen LogP contribution in [0.2, 0.25) is 0 Å². The lowest BCUT2D eigenvalue weighted by molar-refractivity contribution is -0.385. The Kier molecular flexibility index (Phi) is 6.47. The Morgan fingerprint density at radius 3 is 2.26 bits per heavy atom. The molecule has 0 unspecified atom stereocenters. The van der Waals surface area contributed by atoms with Crippen molar-refractivity contribution in [2.75, 3.05) is 12.4 Å². The zero-order valence-corrected chi connectivity index (χ0v) is 17.8. The smallest absolute Gasteiger partial charge is 0.273 e. The van der Waals surface area contributed by atoms with Gasteiger partial charge in [-0.3, -0.25) is 14.9 Å². The Bertz CT molecular complexity index is 1210. The number of sulfonamides is 1. The molecule has 8 nitrogen and oxygen atoms in total. The van der Waals surface area contributed by atoms with Crippen LogP contribution in [0.15, 0.2) is 77.7 Å². The molecule has 0 aliphatic heterocycles. The van der Waals surface area contributed by atoms with E-state index in [1.165, 1.54) is 60.7 Å². The predicted octanol–water partition coefficient (Wildman–Crippen LogP) is 3.98. The monoisotopic (exact) mass is 439 g/mol. The summed E-state index contributed by atoms with van der Waals surface area (Å²) in [5, 5.41) is 13.7. The fourth-order valence-electron chi connectivity index (χ4n) is 3.08. The second-order valence-electron chi connectivity index (χ2n) is 6.93. The van der Waals surface area contributed by atoms with Gasteiger partial charge in [-0.25, -0.2) is 8.42 Å². The molecule has 160 valence electrons. The van der Waals surface area contributed by atoms with Crippen LogP contribution < -0.4 is 5.32 Å². The maximum Gasteiger partial charge on any atom is 0.273 e. The summed E-state index contributed by atoms with van der Waals surface area (Å²) in [6, 6.07) is 19.3. The van der Waals surface area contributed by atoms with E-state index in [0.29, 0.717) is 5.69 Å². The van der Waals surface area contributed by atoms with Gasteiger partial charge in [-0.15, -0.1) is 0 Å². The van der Waals surface area contributed by atoms with Gasteiger partial charge in [0.05, 0.1) is 9.82 Å². The molecule has 0 heterocycles. The van der Waals surface area contributed by atoms with Gasteiger partial charge in [0.25, 0.3) is 11.6 Å². The second kappa shape index (κ2) is 9.07. The fraction of sp³-hybridized carbons (Fsp3) is 0.136. The normalized spacial score (nSPS) is 11.3. The van der Waals surface area contributed by atoms with Gasteiger partial charge in [-0.05, 0) is 42.8 Å². The molecular weight excluding hydrogens is 418 g/mol. The molecule has 0 atom stereocenters. The highest BCUT2D eigenvalue weighted by atomic mass is 32.2. The zero-order valence-electron chi connectivity index (χ0n) is 17.0. The molecule has 0 aliphatic rings. The number of hydrogen-bond acceptors (Lipinski definition) is 5. The highest BCUT2D eigenvalue weighted by Gasteiger charge is 2.21. The van der Waals surface area contributed by atoms with Gasteiger partial charge in [-0.2, -0.15) is 4.31 Å². The standard InChI is InChI=1S/C22H21N3O5S/c1-16-20(9-6-10-21(16)25(27)28)22(26)23-18-11-13-19(14-12-18)31(29,30)24(2)15-17-7-4-3-5-8-17/h3-14H,15H2,1-2H3,(H,23,26). The van der Waals surface area contributed by atoms with Crippen LogP contribution in [-0.2, 0) is 16.6 Å². The van der Waals surface area contributed by atoms with E-state index in [0.717, 1.165) is 5.56 Å². The first-order valence-electron chi connectivity index (χ1n) is 9.36. The molecule has 3 aromatic carbocycles. The summed E-state index contributed by atoms with van der Waals surface area (Å²) in [6.45, 7) is 1.74. The van der Waals surface area contributed by atoms with E-state index >= 15 is 0 Å². The van der Waals surface area contributed by atoms with E-state index in [-0.39, 0.29) is 28.3 Å². The maximum absolute atomic E-state index is 12.8. The van der Waals surface area contributed by atoms with E-state index in [4.69, 9.17) is 0 Å². The van der Waals surface area contributed by atoms with Gasteiger partial charge in [0.2, 0.25) is 10.0 Å². The number of anilines is 1. The molecule has 3 aromatic rings. The van der Waals surface area contributed by atoms with Crippen LogP contribution in [0.25, 0.3) is 0 Å². The largest absolute Gasteiger partial charge is 0.322 e. The summed E-state index contributed by atoms with van der Waals surface area (Å²) in [5.74, 6) is -0.516. The summed E-state index contributed by atoms with van der Waals surface area (Å²) in [6.07, 6.45) is 0. The number of nitro groups is 1. The second-order valence-corrected chi connectivity index (χ2v) is 8.98. The van der Waals surface area contributed by atoms with Gasteiger partial charge < -0.3 is 5.32 Å². The lowest BCUT2D eigenvalue weighted by atomic mass is 10.1. The van der Waals surface area contributed by atoms with Crippen molar-refractivity contribution >= 4 is 27.3 Å². The summed E-state index contributed by atoms with van der Waals surface area (Å²) in [5.41, 5.74) is 1.53. The van der Waals surface area contributed by atoms with Gasteiger partial charge in [0.1, 0.15) is 0 Å². The summed E-state index contributed by atoms with van der Waals surface area (Å²) >= 11 is 0. The van der Waals surface area contributed by atoms with Crippen molar-refractivity contribution in [3.63, 3.8) is 0 Å².